The van der Waals surface area contributed by atoms with Crippen LogP contribution in [0.15, 0.2) is 192 Å². The van der Waals surface area contributed by atoms with Gasteiger partial charge in [-0.3, -0.25) is 0 Å². The molecule has 0 unspecified atom stereocenters. The molecule has 9 aromatic carbocycles. The summed E-state index contributed by atoms with van der Waals surface area (Å²) < 4.78 is 6.56. The second kappa shape index (κ2) is 11.5. The predicted octanol–water partition coefficient (Wildman–Crippen LogP) is 13.8. The third-order valence-electron chi connectivity index (χ3n) is 10.00. The highest BCUT2D eigenvalue weighted by Crippen LogP contribution is 2.44. The van der Waals surface area contributed by atoms with Crippen LogP contribution in [0, 0.1) is 0 Å². The molecular weight excluding hydrogens is 607 g/mol. The lowest BCUT2D eigenvalue weighted by Gasteiger charge is -2.28. The molecule has 0 bridgehead atoms. The summed E-state index contributed by atoms with van der Waals surface area (Å²) in [4.78, 5) is 2.40. The Morgan fingerprint density at radius 1 is 0.360 bits per heavy atom. The van der Waals surface area contributed by atoms with Crippen LogP contribution in [-0.4, -0.2) is 0 Å². The second-order valence-corrected chi connectivity index (χ2v) is 12.9. The van der Waals surface area contributed by atoms with E-state index < -0.39 is 0 Å². The fraction of sp³-hybridized carbons (Fsp3) is 0. The van der Waals surface area contributed by atoms with Gasteiger partial charge in [-0.05, 0) is 92.3 Å². The molecule has 0 radical (unpaired) electrons. The van der Waals surface area contributed by atoms with Crippen LogP contribution in [0.4, 0.5) is 17.1 Å². The number of benzene rings is 9. The average Bonchev–Trinajstić information content (AvgIpc) is 3.58. The largest absolute Gasteiger partial charge is 0.455 e. The summed E-state index contributed by atoms with van der Waals surface area (Å²) in [6.07, 6.45) is 0. The van der Waals surface area contributed by atoms with Crippen LogP contribution in [0.25, 0.3) is 76.5 Å². The van der Waals surface area contributed by atoms with Gasteiger partial charge < -0.3 is 9.32 Å². The molecule has 0 N–H and O–H groups in total. The van der Waals surface area contributed by atoms with Crippen molar-refractivity contribution in [3.8, 4) is 22.3 Å². The molecular formula is C48H31NO. The zero-order valence-electron chi connectivity index (χ0n) is 27.3. The second-order valence-electron chi connectivity index (χ2n) is 12.9. The van der Waals surface area contributed by atoms with Crippen molar-refractivity contribution in [2.45, 2.75) is 0 Å². The molecule has 0 aliphatic heterocycles. The van der Waals surface area contributed by atoms with Crippen molar-refractivity contribution >= 4 is 71.3 Å². The highest BCUT2D eigenvalue weighted by atomic mass is 16.3. The van der Waals surface area contributed by atoms with Gasteiger partial charge in [-0.1, -0.05) is 140 Å². The number of hydrogen-bond donors (Lipinski definition) is 0. The highest BCUT2D eigenvalue weighted by molar-refractivity contribution is 6.19. The normalized spacial score (nSPS) is 11.6. The number of anilines is 3. The summed E-state index contributed by atoms with van der Waals surface area (Å²) in [5, 5.41) is 9.48. The van der Waals surface area contributed by atoms with Crippen LogP contribution >= 0.6 is 0 Å². The number of nitrogens with zero attached hydrogens (tertiary/aromatic N) is 1. The van der Waals surface area contributed by atoms with E-state index in [4.69, 9.17) is 4.42 Å². The molecule has 10 rings (SSSR count). The molecule has 50 heavy (non-hydrogen) atoms. The Balaban J connectivity index is 1.17. The van der Waals surface area contributed by atoms with Crippen molar-refractivity contribution in [1.29, 1.82) is 0 Å². The van der Waals surface area contributed by atoms with E-state index in [1.165, 1.54) is 38.1 Å². The van der Waals surface area contributed by atoms with Crippen LogP contribution in [0.2, 0.25) is 0 Å². The molecule has 10 aromatic rings. The van der Waals surface area contributed by atoms with Crippen LogP contribution in [0.1, 0.15) is 0 Å². The third kappa shape index (κ3) is 4.65. The maximum Gasteiger partial charge on any atom is 0.143 e. The van der Waals surface area contributed by atoms with E-state index in [0.717, 1.165) is 55.5 Å². The van der Waals surface area contributed by atoms with E-state index in [1.807, 2.05) is 0 Å². The lowest BCUT2D eigenvalue weighted by molar-refractivity contribution is 0.673. The van der Waals surface area contributed by atoms with Gasteiger partial charge in [0.25, 0.3) is 0 Å². The molecule has 2 heteroatoms. The van der Waals surface area contributed by atoms with Crippen molar-refractivity contribution < 1.29 is 4.42 Å². The predicted molar refractivity (Wildman–Crippen MR) is 212 cm³/mol. The highest BCUT2D eigenvalue weighted by Gasteiger charge is 2.19. The van der Waals surface area contributed by atoms with Crippen LogP contribution < -0.4 is 4.90 Å². The van der Waals surface area contributed by atoms with Gasteiger partial charge in [0, 0.05) is 32.9 Å². The Kier molecular flexibility index (Phi) is 6.53. The van der Waals surface area contributed by atoms with Crippen LogP contribution in [-0.2, 0) is 0 Å². The number of fused-ring (bicyclic) bond motifs is 7. The lowest BCUT2D eigenvalue weighted by atomic mass is 9.97. The fourth-order valence-corrected chi connectivity index (χ4v) is 7.63. The zero-order chi connectivity index (χ0) is 33.0. The van der Waals surface area contributed by atoms with Gasteiger partial charge >= 0.3 is 0 Å². The van der Waals surface area contributed by atoms with Crippen molar-refractivity contribution in [1.82, 2.24) is 0 Å². The summed E-state index contributed by atoms with van der Waals surface area (Å²) in [5.41, 5.74) is 9.82. The van der Waals surface area contributed by atoms with Gasteiger partial charge in [0.1, 0.15) is 11.2 Å². The topological polar surface area (TPSA) is 16.4 Å². The lowest BCUT2D eigenvalue weighted by Crippen LogP contribution is -2.10. The van der Waals surface area contributed by atoms with Gasteiger partial charge in [0.2, 0.25) is 0 Å². The molecule has 0 fully saturated rings. The molecule has 0 amide bonds. The smallest absolute Gasteiger partial charge is 0.143 e. The monoisotopic (exact) mass is 637 g/mol. The number of hydrogen-bond acceptors (Lipinski definition) is 2. The Morgan fingerprint density at radius 2 is 0.960 bits per heavy atom. The van der Waals surface area contributed by atoms with E-state index >= 15 is 0 Å². The maximum atomic E-state index is 6.56. The van der Waals surface area contributed by atoms with Crippen molar-refractivity contribution in [3.05, 3.63) is 188 Å². The first kappa shape index (κ1) is 28.4. The SMILES string of the molecule is c1cc(-c2ccc3ccccc3c2)cc(N(c2cccc(-c3cccc4oc5c6ccccc6ccc5c34)c2)c2cccc3ccccc23)c1. The molecule has 2 nitrogen and oxygen atoms in total. The molecule has 0 saturated carbocycles. The Morgan fingerprint density at radius 3 is 1.80 bits per heavy atom. The summed E-state index contributed by atoms with van der Waals surface area (Å²) in [5.74, 6) is 0. The third-order valence-corrected chi connectivity index (χ3v) is 10.00. The van der Waals surface area contributed by atoms with E-state index in [-0.39, 0.29) is 0 Å². The molecule has 1 heterocycles. The quantitative estimate of drug-likeness (QED) is 0.187. The summed E-state index contributed by atoms with van der Waals surface area (Å²) in [7, 11) is 0. The Labute approximate surface area is 290 Å². The Hall–Kier alpha value is -6.64. The average molecular weight is 638 g/mol. The Bertz CT molecular complexity index is 2890. The standard InChI is InChI=1S/C48H31NO/c1-2-14-35-29-37(26-25-32(35)11-1)36-16-7-18-39(30-36)49(45-23-9-15-33-12-3-5-20-41(33)45)40-19-8-17-38(31-40)42-22-10-24-46-47(42)44-28-27-34-13-4-6-21-43(34)48(44)50-46/h1-31H. The van der Waals surface area contributed by atoms with Crippen molar-refractivity contribution in [2.24, 2.45) is 0 Å². The van der Waals surface area contributed by atoms with Crippen LogP contribution in [0.5, 0.6) is 0 Å². The molecule has 0 saturated heterocycles. The van der Waals surface area contributed by atoms with Crippen molar-refractivity contribution in [3.63, 3.8) is 0 Å². The fourth-order valence-electron chi connectivity index (χ4n) is 7.63. The van der Waals surface area contributed by atoms with E-state index in [2.05, 4.69) is 193 Å². The summed E-state index contributed by atoms with van der Waals surface area (Å²) in [6.45, 7) is 0. The first-order valence-electron chi connectivity index (χ1n) is 17.1. The van der Waals surface area contributed by atoms with Gasteiger partial charge in [0.15, 0.2) is 0 Å². The molecule has 1 aromatic heterocycles. The van der Waals surface area contributed by atoms with Gasteiger partial charge in [-0.15, -0.1) is 0 Å². The molecule has 234 valence electrons. The number of furan rings is 1. The first-order valence-corrected chi connectivity index (χ1v) is 17.1. The molecule has 0 aliphatic carbocycles. The van der Waals surface area contributed by atoms with Crippen molar-refractivity contribution in [2.75, 3.05) is 4.90 Å². The maximum absolute atomic E-state index is 6.56. The molecule has 0 aliphatic rings. The summed E-state index contributed by atoms with van der Waals surface area (Å²) in [6, 6.07) is 67.6. The minimum absolute atomic E-state index is 0.897. The minimum Gasteiger partial charge on any atom is -0.455 e. The molecule has 0 spiro atoms. The number of rotatable bonds is 5. The van der Waals surface area contributed by atoms with E-state index in [1.54, 1.807) is 0 Å². The van der Waals surface area contributed by atoms with Gasteiger partial charge in [-0.25, -0.2) is 0 Å². The molecule has 0 atom stereocenters. The van der Waals surface area contributed by atoms with Gasteiger partial charge in [0.05, 0.1) is 5.69 Å². The first-order chi connectivity index (χ1) is 24.8. The van der Waals surface area contributed by atoms with Crippen LogP contribution in [0.3, 0.4) is 0 Å². The summed E-state index contributed by atoms with van der Waals surface area (Å²) >= 11 is 0. The van der Waals surface area contributed by atoms with E-state index in [0.29, 0.717) is 0 Å². The minimum atomic E-state index is 0.897. The zero-order valence-corrected chi connectivity index (χ0v) is 27.3. The van der Waals surface area contributed by atoms with E-state index in [9.17, 15) is 0 Å². The van der Waals surface area contributed by atoms with Gasteiger partial charge in [-0.2, -0.15) is 0 Å².